The number of halogens is 3. The van der Waals surface area contributed by atoms with Crippen molar-refractivity contribution in [3.05, 3.63) is 18.0 Å². The zero-order chi connectivity index (χ0) is 14.6. The molecule has 0 amide bonds. The van der Waals surface area contributed by atoms with Crippen molar-refractivity contribution in [3.8, 4) is 0 Å². The Morgan fingerprint density at radius 1 is 1.45 bits per heavy atom. The second kappa shape index (κ2) is 6.58. The lowest BCUT2D eigenvalue weighted by Gasteiger charge is -2.30. The van der Waals surface area contributed by atoms with Crippen molar-refractivity contribution in [2.75, 3.05) is 6.61 Å². The summed E-state index contributed by atoms with van der Waals surface area (Å²) in [7, 11) is 1.87. The van der Waals surface area contributed by atoms with Crippen LogP contribution >= 0.6 is 0 Å². The summed E-state index contributed by atoms with van der Waals surface area (Å²) < 4.78 is 43.1. The number of alkyl halides is 3. The van der Waals surface area contributed by atoms with Crippen molar-refractivity contribution in [3.63, 3.8) is 0 Å². The molecule has 20 heavy (non-hydrogen) atoms. The summed E-state index contributed by atoms with van der Waals surface area (Å²) in [5, 5.41) is 7.45. The molecule has 1 aliphatic carbocycles. The first-order valence-electron chi connectivity index (χ1n) is 6.82. The van der Waals surface area contributed by atoms with E-state index in [0.717, 1.165) is 18.5 Å². The second-order valence-corrected chi connectivity index (χ2v) is 5.24. The van der Waals surface area contributed by atoms with Crippen LogP contribution in [0.1, 0.15) is 31.4 Å². The number of nitrogens with zero attached hydrogens (tertiary/aromatic N) is 2. The third-order valence-electron chi connectivity index (χ3n) is 3.60. The molecule has 1 aromatic rings. The van der Waals surface area contributed by atoms with E-state index in [0.29, 0.717) is 19.4 Å². The van der Waals surface area contributed by atoms with Gasteiger partial charge in [-0.1, -0.05) is 0 Å². The normalized spacial score (nSPS) is 24.0. The predicted molar refractivity (Wildman–Crippen MR) is 68.1 cm³/mol. The second-order valence-electron chi connectivity index (χ2n) is 5.24. The fraction of sp³-hybridized carbons (Fsp3) is 0.769. The zero-order valence-electron chi connectivity index (χ0n) is 11.5. The maximum Gasteiger partial charge on any atom is 0.411 e. The molecule has 7 heteroatoms. The molecule has 114 valence electrons. The van der Waals surface area contributed by atoms with Gasteiger partial charge in [0.05, 0.1) is 11.8 Å². The highest BCUT2D eigenvalue weighted by atomic mass is 19.4. The number of aryl methyl sites for hydroxylation is 1. The van der Waals surface area contributed by atoms with E-state index in [1.165, 1.54) is 0 Å². The van der Waals surface area contributed by atoms with Crippen LogP contribution in [0, 0.1) is 0 Å². The van der Waals surface area contributed by atoms with Gasteiger partial charge in [0.15, 0.2) is 0 Å². The Morgan fingerprint density at radius 2 is 2.25 bits per heavy atom. The minimum Gasteiger partial charge on any atom is -0.369 e. The van der Waals surface area contributed by atoms with Crippen LogP contribution in [-0.2, 0) is 18.3 Å². The topological polar surface area (TPSA) is 39.1 Å². The monoisotopic (exact) mass is 291 g/mol. The van der Waals surface area contributed by atoms with Crippen molar-refractivity contribution >= 4 is 0 Å². The molecule has 0 radical (unpaired) electrons. The summed E-state index contributed by atoms with van der Waals surface area (Å²) in [4.78, 5) is 0. The molecule has 1 saturated carbocycles. The number of aromatic nitrogens is 2. The van der Waals surface area contributed by atoms with Gasteiger partial charge in [-0.15, -0.1) is 0 Å². The Kier molecular flexibility index (Phi) is 5.04. The summed E-state index contributed by atoms with van der Waals surface area (Å²) in [6, 6.07) is 2.13. The standard InChI is InChI=1S/C13H20F3N3O/c1-19-11(5-6-18-19)8-17-10-3-2-4-12(7-10)20-9-13(14,15)16/h5-6,10,12,17H,2-4,7-9H2,1H3. The molecular weight excluding hydrogens is 271 g/mol. The van der Waals surface area contributed by atoms with Gasteiger partial charge >= 0.3 is 6.18 Å². The first-order valence-corrected chi connectivity index (χ1v) is 6.82. The lowest BCUT2D eigenvalue weighted by molar-refractivity contribution is -0.188. The Bertz CT molecular complexity index is 419. The molecule has 0 spiro atoms. The first kappa shape index (κ1) is 15.3. The van der Waals surface area contributed by atoms with Crippen LogP contribution in [0.2, 0.25) is 0 Å². The molecule has 1 heterocycles. The van der Waals surface area contributed by atoms with Gasteiger partial charge in [0.2, 0.25) is 0 Å². The van der Waals surface area contributed by atoms with Gasteiger partial charge in [-0.05, 0) is 31.7 Å². The predicted octanol–water partition coefficient (Wildman–Crippen LogP) is 2.40. The molecule has 2 unspecified atom stereocenters. The van der Waals surface area contributed by atoms with E-state index in [1.54, 1.807) is 10.9 Å². The fourth-order valence-corrected chi connectivity index (χ4v) is 2.52. The molecule has 0 aliphatic heterocycles. The molecular formula is C13H20F3N3O. The lowest BCUT2D eigenvalue weighted by Crippen LogP contribution is -2.38. The summed E-state index contributed by atoms with van der Waals surface area (Å²) in [5.74, 6) is 0. The van der Waals surface area contributed by atoms with Crippen LogP contribution in [0.25, 0.3) is 0 Å². The quantitative estimate of drug-likeness (QED) is 0.905. The molecule has 2 atom stereocenters. The van der Waals surface area contributed by atoms with E-state index in [-0.39, 0.29) is 12.1 Å². The first-order chi connectivity index (χ1) is 9.44. The van der Waals surface area contributed by atoms with Gasteiger partial charge in [0, 0.05) is 25.8 Å². The Balaban J connectivity index is 1.74. The van der Waals surface area contributed by atoms with E-state index in [2.05, 4.69) is 10.4 Å². The molecule has 1 aromatic heterocycles. The molecule has 1 fully saturated rings. The minimum absolute atomic E-state index is 0.205. The van der Waals surface area contributed by atoms with Crippen molar-refractivity contribution < 1.29 is 17.9 Å². The van der Waals surface area contributed by atoms with Crippen LogP contribution in [-0.4, -0.2) is 34.7 Å². The van der Waals surface area contributed by atoms with E-state index in [9.17, 15) is 13.2 Å². The highest BCUT2D eigenvalue weighted by Crippen LogP contribution is 2.24. The van der Waals surface area contributed by atoms with Crippen molar-refractivity contribution in [2.24, 2.45) is 7.05 Å². The van der Waals surface area contributed by atoms with Crippen molar-refractivity contribution in [1.82, 2.24) is 15.1 Å². The average Bonchev–Trinajstić information content (AvgIpc) is 2.79. The van der Waals surface area contributed by atoms with Crippen LogP contribution in [0.3, 0.4) is 0 Å². The van der Waals surface area contributed by atoms with Gasteiger partial charge in [-0.2, -0.15) is 18.3 Å². The number of ether oxygens (including phenoxy) is 1. The van der Waals surface area contributed by atoms with E-state index in [4.69, 9.17) is 4.74 Å². The van der Waals surface area contributed by atoms with Crippen LogP contribution in [0.5, 0.6) is 0 Å². The molecule has 2 rings (SSSR count). The van der Waals surface area contributed by atoms with Gasteiger partial charge in [-0.3, -0.25) is 4.68 Å². The van der Waals surface area contributed by atoms with Gasteiger partial charge in [0.25, 0.3) is 0 Å². The SMILES string of the molecule is Cn1nccc1CNC1CCCC(OCC(F)(F)F)C1. The maximum absolute atomic E-state index is 12.1. The molecule has 4 nitrogen and oxygen atoms in total. The average molecular weight is 291 g/mol. The minimum atomic E-state index is -4.24. The Morgan fingerprint density at radius 3 is 2.90 bits per heavy atom. The number of hydrogen-bond donors (Lipinski definition) is 1. The molecule has 0 bridgehead atoms. The number of hydrogen-bond acceptors (Lipinski definition) is 3. The molecule has 0 aromatic carbocycles. The summed E-state index contributed by atoms with van der Waals surface area (Å²) in [6.07, 6.45) is 0.403. The number of rotatable bonds is 5. The van der Waals surface area contributed by atoms with E-state index in [1.807, 2.05) is 13.1 Å². The lowest BCUT2D eigenvalue weighted by atomic mass is 9.93. The van der Waals surface area contributed by atoms with E-state index < -0.39 is 12.8 Å². The summed E-state index contributed by atoms with van der Waals surface area (Å²) in [5.41, 5.74) is 1.06. The number of nitrogens with one attached hydrogen (secondary N) is 1. The molecule has 0 saturated heterocycles. The fourth-order valence-electron chi connectivity index (χ4n) is 2.52. The molecule has 1 N–H and O–H groups in total. The van der Waals surface area contributed by atoms with Crippen molar-refractivity contribution in [2.45, 2.75) is 50.6 Å². The summed E-state index contributed by atoms with van der Waals surface area (Å²) >= 11 is 0. The van der Waals surface area contributed by atoms with Crippen LogP contribution < -0.4 is 5.32 Å². The zero-order valence-corrected chi connectivity index (χ0v) is 11.5. The maximum atomic E-state index is 12.1. The summed E-state index contributed by atoms with van der Waals surface area (Å²) in [6.45, 7) is -0.473. The third-order valence-corrected chi connectivity index (χ3v) is 3.60. The third kappa shape index (κ3) is 4.79. The Labute approximate surface area is 116 Å². The van der Waals surface area contributed by atoms with Gasteiger partial charge < -0.3 is 10.1 Å². The highest BCUT2D eigenvalue weighted by molar-refractivity contribution is 4.99. The van der Waals surface area contributed by atoms with Gasteiger partial charge in [-0.25, -0.2) is 0 Å². The van der Waals surface area contributed by atoms with Crippen LogP contribution in [0.4, 0.5) is 13.2 Å². The largest absolute Gasteiger partial charge is 0.411 e. The van der Waals surface area contributed by atoms with E-state index >= 15 is 0 Å². The Hall–Kier alpha value is -1.08. The van der Waals surface area contributed by atoms with Crippen LogP contribution in [0.15, 0.2) is 12.3 Å². The smallest absolute Gasteiger partial charge is 0.369 e. The molecule has 1 aliphatic rings. The van der Waals surface area contributed by atoms with Crippen molar-refractivity contribution in [1.29, 1.82) is 0 Å². The van der Waals surface area contributed by atoms with Gasteiger partial charge in [0.1, 0.15) is 6.61 Å². The highest BCUT2D eigenvalue weighted by Gasteiger charge is 2.31.